The Hall–Kier alpha value is -2.14. The molecule has 1 aromatic heterocycles. The van der Waals surface area contributed by atoms with Crippen LogP contribution < -0.4 is 0 Å². The lowest BCUT2D eigenvalue weighted by Gasteiger charge is -2.06. The molecule has 0 spiro atoms. The van der Waals surface area contributed by atoms with Crippen molar-refractivity contribution >= 4 is 0 Å². The number of nitrogens with zero attached hydrogens (tertiary/aromatic N) is 2. The molecule has 0 unspecified atom stereocenters. The van der Waals surface area contributed by atoms with Crippen LogP contribution in [0.25, 0.3) is 11.3 Å². The highest BCUT2D eigenvalue weighted by Gasteiger charge is 2.09. The Morgan fingerprint density at radius 2 is 1.94 bits per heavy atom. The molecule has 0 radical (unpaired) electrons. The minimum atomic E-state index is 0.691. The monoisotopic (exact) mass is 208 g/mol. The molecule has 78 valence electrons. The lowest BCUT2D eigenvalue weighted by Crippen LogP contribution is -1.94. The maximum absolute atomic E-state index is 9.20. The van der Waals surface area contributed by atoms with Crippen LogP contribution in [0.1, 0.15) is 18.1 Å². The Morgan fingerprint density at radius 1 is 1.19 bits per heavy atom. The number of benzene rings is 1. The van der Waals surface area contributed by atoms with E-state index in [2.05, 4.69) is 11.1 Å². The van der Waals surface area contributed by atoms with Gasteiger partial charge >= 0.3 is 0 Å². The van der Waals surface area contributed by atoms with E-state index in [9.17, 15) is 5.26 Å². The number of rotatable bonds is 2. The van der Waals surface area contributed by atoms with Gasteiger partial charge in [0.25, 0.3) is 0 Å². The van der Waals surface area contributed by atoms with Gasteiger partial charge in [0.2, 0.25) is 0 Å². The third-order valence-electron chi connectivity index (χ3n) is 2.58. The summed E-state index contributed by atoms with van der Waals surface area (Å²) < 4.78 is 0. The van der Waals surface area contributed by atoms with Gasteiger partial charge in [0, 0.05) is 11.8 Å². The van der Waals surface area contributed by atoms with Crippen LogP contribution in [0.3, 0.4) is 0 Å². The second kappa shape index (κ2) is 4.59. The van der Waals surface area contributed by atoms with Gasteiger partial charge in [0.05, 0.1) is 11.3 Å². The van der Waals surface area contributed by atoms with E-state index in [0.29, 0.717) is 5.56 Å². The van der Waals surface area contributed by atoms with E-state index in [1.807, 2.05) is 43.3 Å². The lowest BCUT2D eigenvalue weighted by molar-refractivity contribution is 1.11. The van der Waals surface area contributed by atoms with Crippen LogP contribution in [0, 0.1) is 11.3 Å². The zero-order chi connectivity index (χ0) is 11.4. The van der Waals surface area contributed by atoms with Crippen LogP contribution in [0.15, 0.2) is 42.6 Å². The molecule has 0 N–H and O–H groups in total. The number of hydrogen-bond donors (Lipinski definition) is 0. The number of nitriles is 1. The van der Waals surface area contributed by atoms with Crippen LogP contribution in [0.5, 0.6) is 0 Å². The van der Waals surface area contributed by atoms with Gasteiger partial charge in [-0.2, -0.15) is 5.26 Å². The van der Waals surface area contributed by atoms with Crippen molar-refractivity contribution < 1.29 is 0 Å². The minimum absolute atomic E-state index is 0.691. The minimum Gasteiger partial charge on any atom is -0.255 e. The van der Waals surface area contributed by atoms with Crippen molar-refractivity contribution in [2.45, 2.75) is 13.3 Å². The normalized spacial score (nSPS) is 9.75. The Morgan fingerprint density at radius 3 is 2.56 bits per heavy atom. The smallest absolute Gasteiger partial charge is 0.102 e. The molecule has 0 aliphatic rings. The molecule has 1 heterocycles. The van der Waals surface area contributed by atoms with E-state index in [1.165, 1.54) is 0 Å². The maximum atomic E-state index is 9.20. The summed E-state index contributed by atoms with van der Waals surface area (Å²) in [7, 11) is 0. The summed E-state index contributed by atoms with van der Waals surface area (Å²) in [5.41, 5.74) is 3.52. The van der Waals surface area contributed by atoms with Gasteiger partial charge in [0.1, 0.15) is 6.07 Å². The highest BCUT2D eigenvalue weighted by molar-refractivity contribution is 5.67. The summed E-state index contributed by atoms with van der Waals surface area (Å²) in [6.45, 7) is 2.05. The largest absolute Gasteiger partial charge is 0.255 e. The average molecular weight is 208 g/mol. The summed E-state index contributed by atoms with van der Waals surface area (Å²) in [6, 6.07) is 14.0. The van der Waals surface area contributed by atoms with E-state index >= 15 is 0 Å². The van der Waals surface area contributed by atoms with E-state index in [4.69, 9.17) is 0 Å². The SMILES string of the molecule is CCc1ccnc(-c2ccccc2)c1C#N. The fraction of sp³-hybridized carbons (Fsp3) is 0.143. The summed E-state index contributed by atoms with van der Waals surface area (Å²) >= 11 is 0. The Kier molecular flexibility index (Phi) is 2.98. The highest BCUT2D eigenvalue weighted by atomic mass is 14.7. The molecule has 2 heteroatoms. The van der Waals surface area contributed by atoms with Crippen LogP contribution in [-0.2, 0) is 6.42 Å². The van der Waals surface area contributed by atoms with Gasteiger partial charge in [-0.15, -0.1) is 0 Å². The van der Waals surface area contributed by atoms with Gasteiger partial charge in [0.15, 0.2) is 0 Å². The molecule has 2 rings (SSSR count). The third-order valence-corrected chi connectivity index (χ3v) is 2.58. The summed E-state index contributed by atoms with van der Waals surface area (Å²) in [5.74, 6) is 0. The fourth-order valence-corrected chi connectivity index (χ4v) is 1.74. The topological polar surface area (TPSA) is 36.7 Å². The van der Waals surface area contributed by atoms with Crippen LogP contribution >= 0.6 is 0 Å². The van der Waals surface area contributed by atoms with Crippen molar-refractivity contribution in [1.82, 2.24) is 4.98 Å². The van der Waals surface area contributed by atoms with E-state index in [-0.39, 0.29) is 0 Å². The van der Waals surface area contributed by atoms with Crippen molar-refractivity contribution in [1.29, 1.82) is 5.26 Å². The van der Waals surface area contributed by atoms with Crippen LogP contribution in [0.2, 0.25) is 0 Å². The van der Waals surface area contributed by atoms with Gasteiger partial charge in [-0.1, -0.05) is 37.3 Å². The van der Waals surface area contributed by atoms with Crippen molar-refractivity contribution in [2.24, 2.45) is 0 Å². The lowest BCUT2D eigenvalue weighted by atomic mass is 10.0. The van der Waals surface area contributed by atoms with Gasteiger partial charge in [-0.3, -0.25) is 4.98 Å². The molecular weight excluding hydrogens is 196 g/mol. The first kappa shape index (κ1) is 10.4. The van der Waals surface area contributed by atoms with Gasteiger partial charge in [-0.05, 0) is 18.1 Å². The second-order valence-electron chi connectivity index (χ2n) is 3.53. The second-order valence-corrected chi connectivity index (χ2v) is 3.53. The molecule has 0 fully saturated rings. The summed E-state index contributed by atoms with van der Waals surface area (Å²) in [6.07, 6.45) is 2.62. The zero-order valence-corrected chi connectivity index (χ0v) is 9.14. The Balaban J connectivity index is 2.63. The Bertz CT molecular complexity index is 524. The van der Waals surface area contributed by atoms with Gasteiger partial charge < -0.3 is 0 Å². The Labute approximate surface area is 95.2 Å². The average Bonchev–Trinajstić information content (AvgIpc) is 2.38. The number of aromatic nitrogens is 1. The standard InChI is InChI=1S/C14H12N2/c1-2-11-8-9-16-14(13(11)10-15)12-6-4-3-5-7-12/h3-9H,2H2,1H3. The summed E-state index contributed by atoms with van der Waals surface area (Å²) in [5, 5.41) is 9.20. The van der Waals surface area contributed by atoms with Crippen molar-refractivity contribution in [3.8, 4) is 17.3 Å². The van der Waals surface area contributed by atoms with Crippen molar-refractivity contribution in [3.63, 3.8) is 0 Å². The number of pyridine rings is 1. The van der Waals surface area contributed by atoms with Crippen LogP contribution in [-0.4, -0.2) is 4.98 Å². The molecule has 0 saturated heterocycles. The third kappa shape index (κ3) is 1.80. The molecule has 16 heavy (non-hydrogen) atoms. The molecule has 0 aliphatic heterocycles. The van der Waals surface area contributed by atoms with Crippen molar-refractivity contribution in [2.75, 3.05) is 0 Å². The number of hydrogen-bond acceptors (Lipinski definition) is 2. The zero-order valence-electron chi connectivity index (χ0n) is 9.14. The molecule has 0 bridgehead atoms. The van der Waals surface area contributed by atoms with Gasteiger partial charge in [-0.25, -0.2) is 0 Å². The number of aryl methyl sites for hydroxylation is 1. The molecule has 1 aromatic carbocycles. The van der Waals surface area contributed by atoms with E-state index in [0.717, 1.165) is 23.2 Å². The van der Waals surface area contributed by atoms with E-state index in [1.54, 1.807) is 6.20 Å². The predicted octanol–water partition coefficient (Wildman–Crippen LogP) is 3.18. The quantitative estimate of drug-likeness (QED) is 0.760. The molecule has 2 aromatic rings. The van der Waals surface area contributed by atoms with Crippen LogP contribution in [0.4, 0.5) is 0 Å². The molecule has 2 nitrogen and oxygen atoms in total. The fourth-order valence-electron chi connectivity index (χ4n) is 1.74. The molecule has 0 amide bonds. The first-order valence-electron chi connectivity index (χ1n) is 5.30. The first-order valence-corrected chi connectivity index (χ1v) is 5.30. The maximum Gasteiger partial charge on any atom is 0.102 e. The highest BCUT2D eigenvalue weighted by Crippen LogP contribution is 2.23. The first-order chi connectivity index (χ1) is 7.86. The van der Waals surface area contributed by atoms with Crippen molar-refractivity contribution in [3.05, 3.63) is 53.7 Å². The predicted molar refractivity (Wildman–Crippen MR) is 63.8 cm³/mol. The summed E-state index contributed by atoms with van der Waals surface area (Å²) in [4.78, 5) is 4.31. The molecular formula is C14H12N2. The van der Waals surface area contributed by atoms with E-state index < -0.39 is 0 Å². The molecule has 0 atom stereocenters. The molecule has 0 saturated carbocycles. The molecule has 0 aliphatic carbocycles.